The molecule has 1 aromatic rings. The summed E-state index contributed by atoms with van der Waals surface area (Å²) in [6, 6.07) is 4.01. The van der Waals surface area contributed by atoms with E-state index in [1.807, 2.05) is 32.9 Å². The number of carbonyl (C=O) groups is 1. The fraction of sp³-hybridized carbons (Fsp3) is 0.632. The minimum Gasteiger partial charge on any atom is -0.234 e. The van der Waals surface area contributed by atoms with E-state index in [1.54, 1.807) is 0 Å². The summed E-state index contributed by atoms with van der Waals surface area (Å²) in [7, 11) is -1.78. The summed E-state index contributed by atoms with van der Waals surface area (Å²) in [5.41, 5.74) is 3.60. The van der Waals surface area contributed by atoms with Crippen molar-refractivity contribution in [3.05, 3.63) is 34.4 Å². The van der Waals surface area contributed by atoms with Crippen LogP contribution in [0.15, 0.2) is 12.1 Å². The van der Waals surface area contributed by atoms with Crippen LogP contribution in [0.2, 0.25) is 0 Å². The molecule has 0 heterocycles. The molecule has 1 unspecified atom stereocenters. The molecule has 1 fully saturated rings. The third kappa shape index (κ3) is 4.49. The van der Waals surface area contributed by atoms with Gasteiger partial charge in [-0.15, -0.1) is 0 Å². The first-order valence-corrected chi connectivity index (χ1v) is 10.0. The quantitative estimate of drug-likeness (QED) is 0.608. The van der Waals surface area contributed by atoms with Crippen molar-refractivity contribution in [3.63, 3.8) is 0 Å². The van der Waals surface area contributed by atoms with Gasteiger partial charge >= 0.3 is 13.3 Å². The first-order chi connectivity index (χ1) is 10.5. The van der Waals surface area contributed by atoms with Gasteiger partial charge < -0.3 is 0 Å². The first-order valence-electron chi connectivity index (χ1n) is 8.56. The Bertz CT molecular complexity index is 534. The summed E-state index contributed by atoms with van der Waals surface area (Å²) in [6.07, 6.45) is 9.32. The van der Waals surface area contributed by atoms with Gasteiger partial charge in [-0.1, -0.05) is 54.4 Å². The van der Waals surface area contributed by atoms with Gasteiger partial charge in [-0.25, -0.2) is 4.79 Å². The van der Waals surface area contributed by atoms with E-state index in [0.717, 1.165) is 35.4 Å². The van der Waals surface area contributed by atoms with Crippen LogP contribution in [0.1, 0.15) is 72.0 Å². The lowest BCUT2D eigenvalue weighted by atomic mass is 9.86. The second-order valence-electron chi connectivity index (χ2n) is 6.83. The monoisotopic (exact) mass is 319 g/mol. The van der Waals surface area contributed by atoms with Gasteiger partial charge in [-0.05, 0) is 50.7 Å². The predicted molar refractivity (Wildman–Crippen MR) is 93.3 cm³/mol. The van der Waals surface area contributed by atoms with E-state index in [-0.39, 0.29) is 5.52 Å². The molecule has 0 N–H and O–H groups in total. The van der Waals surface area contributed by atoms with Crippen LogP contribution in [0, 0.1) is 26.7 Å². The molecule has 0 radical (unpaired) electrons. The Labute approximate surface area is 135 Å². The minimum absolute atomic E-state index is 0.145. The lowest BCUT2D eigenvalue weighted by molar-refractivity contribution is 0.107. The topological polar surface area (TPSA) is 34.1 Å². The fourth-order valence-corrected chi connectivity index (χ4v) is 5.02. The van der Waals surface area contributed by atoms with Crippen molar-refractivity contribution in [1.82, 2.24) is 0 Å². The fourth-order valence-electron chi connectivity index (χ4n) is 3.74. The third-order valence-corrected chi connectivity index (χ3v) is 6.21. The van der Waals surface area contributed by atoms with E-state index < -0.39 is 7.80 Å². The van der Waals surface area contributed by atoms with Crippen molar-refractivity contribution in [2.75, 3.05) is 6.16 Å². The normalized spacial score (nSPS) is 16.6. The number of hydrogen-bond donors (Lipinski definition) is 0. The van der Waals surface area contributed by atoms with Crippen molar-refractivity contribution in [3.8, 4) is 0 Å². The SMILES string of the molecule is Cc1cc(C)c(C(=O)[P+](=O)CCCC2CCCCC2)c(C)c1. The Morgan fingerprint density at radius 3 is 2.27 bits per heavy atom. The van der Waals surface area contributed by atoms with Gasteiger partial charge in [0.05, 0.1) is 5.56 Å². The van der Waals surface area contributed by atoms with Gasteiger partial charge in [-0.2, -0.15) is 0 Å². The zero-order chi connectivity index (χ0) is 16.1. The van der Waals surface area contributed by atoms with E-state index in [4.69, 9.17) is 0 Å². The maximum absolute atomic E-state index is 12.5. The third-order valence-electron chi connectivity index (χ3n) is 4.82. The number of carbonyl (C=O) groups excluding carboxylic acids is 1. The molecule has 2 rings (SSSR count). The highest BCUT2D eigenvalue weighted by Crippen LogP contribution is 2.34. The molecule has 22 heavy (non-hydrogen) atoms. The van der Waals surface area contributed by atoms with Crippen molar-refractivity contribution in [1.29, 1.82) is 0 Å². The molecule has 0 aliphatic heterocycles. The molecule has 1 aliphatic rings. The average molecular weight is 319 g/mol. The average Bonchev–Trinajstić information content (AvgIpc) is 2.47. The van der Waals surface area contributed by atoms with Crippen molar-refractivity contribution < 1.29 is 9.36 Å². The van der Waals surface area contributed by atoms with Crippen LogP contribution in [0.3, 0.4) is 0 Å². The van der Waals surface area contributed by atoms with Crippen LogP contribution in [0.25, 0.3) is 0 Å². The molecule has 2 nitrogen and oxygen atoms in total. The molecule has 1 atom stereocenters. The van der Waals surface area contributed by atoms with E-state index in [9.17, 15) is 9.36 Å². The van der Waals surface area contributed by atoms with Crippen molar-refractivity contribution in [2.24, 2.45) is 5.92 Å². The maximum Gasteiger partial charge on any atom is 0.420 e. The second kappa shape index (κ2) is 8.02. The molecule has 120 valence electrons. The Balaban J connectivity index is 1.91. The largest absolute Gasteiger partial charge is 0.420 e. The van der Waals surface area contributed by atoms with Gasteiger partial charge in [-0.3, -0.25) is 0 Å². The van der Waals surface area contributed by atoms with Crippen molar-refractivity contribution in [2.45, 2.75) is 65.7 Å². The first kappa shape index (κ1) is 17.3. The number of benzene rings is 1. The predicted octanol–water partition coefficient (Wildman–Crippen LogP) is 5.94. The van der Waals surface area contributed by atoms with Gasteiger partial charge in [0, 0.05) is 0 Å². The minimum atomic E-state index is -1.78. The van der Waals surface area contributed by atoms with E-state index >= 15 is 0 Å². The molecular weight excluding hydrogens is 291 g/mol. The maximum atomic E-state index is 12.5. The Morgan fingerprint density at radius 2 is 1.68 bits per heavy atom. The van der Waals surface area contributed by atoms with Crippen molar-refractivity contribution >= 4 is 13.3 Å². The molecule has 0 spiro atoms. The molecule has 1 aromatic carbocycles. The molecule has 1 saturated carbocycles. The summed E-state index contributed by atoms with van der Waals surface area (Å²) in [5, 5.41) is 0. The summed E-state index contributed by atoms with van der Waals surface area (Å²) in [4.78, 5) is 12.5. The van der Waals surface area contributed by atoms with Crippen LogP contribution in [0.5, 0.6) is 0 Å². The van der Waals surface area contributed by atoms with Gasteiger partial charge in [0.15, 0.2) is 6.16 Å². The van der Waals surface area contributed by atoms with Crippen LogP contribution in [-0.2, 0) is 4.57 Å². The van der Waals surface area contributed by atoms with Crippen LogP contribution < -0.4 is 0 Å². The molecule has 0 amide bonds. The highest BCUT2D eigenvalue weighted by atomic mass is 31.1. The zero-order valence-electron chi connectivity index (χ0n) is 14.2. The molecule has 1 aliphatic carbocycles. The Kier molecular flexibility index (Phi) is 6.32. The van der Waals surface area contributed by atoms with Crippen LogP contribution >= 0.6 is 7.80 Å². The smallest absolute Gasteiger partial charge is 0.234 e. The van der Waals surface area contributed by atoms with E-state index in [2.05, 4.69) is 0 Å². The number of rotatable bonds is 6. The molecular formula is C19H28O2P+. The van der Waals surface area contributed by atoms with E-state index in [1.165, 1.54) is 32.1 Å². The van der Waals surface area contributed by atoms with Crippen LogP contribution in [-0.4, -0.2) is 11.7 Å². The standard InChI is InChI=1S/C19H28O2P/c1-14-12-15(2)18(16(3)13-14)19(20)22(21)11-7-10-17-8-5-4-6-9-17/h12-13,17H,4-11H2,1-3H3/q+1. The summed E-state index contributed by atoms with van der Waals surface area (Å²) < 4.78 is 12.4. The van der Waals surface area contributed by atoms with Gasteiger partial charge in [0.2, 0.25) is 0 Å². The molecule has 0 saturated heterocycles. The Hall–Kier alpha value is -1.01. The van der Waals surface area contributed by atoms with Gasteiger partial charge in [0.1, 0.15) is 0 Å². The zero-order valence-corrected chi connectivity index (χ0v) is 15.0. The van der Waals surface area contributed by atoms with Gasteiger partial charge in [0.25, 0.3) is 0 Å². The van der Waals surface area contributed by atoms with Crippen LogP contribution in [0.4, 0.5) is 0 Å². The lowest BCUT2D eigenvalue weighted by Gasteiger charge is -2.20. The summed E-state index contributed by atoms with van der Waals surface area (Å²) in [5.74, 6) is 0.801. The summed E-state index contributed by atoms with van der Waals surface area (Å²) >= 11 is 0. The summed E-state index contributed by atoms with van der Waals surface area (Å²) in [6.45, 7) is 5.91. The number of aryl methyl sites for hydroxylation is 3. The molecule has 3 heteroatoms. The molecule has 0 bridgehead atoms. The second-order valence-corrected chi connectivity index (χ2v) is 8.44. The molecule has 0 aromatic heterocycles. The highest BCUT2D eigenvalue weighted by Gasteiger charge is 2.32. The number of hydrogen-bond acceptors (Lipinski definition) is 2. The van der Waals surface area contributed by atoms with E-state index in [0.29, 0.717) is 11.7 Å². The Morgan fingerprint density at radius 1 is 1.09 bits per heavy atom. The lowest BCUT2D eigenvalue weighted by Crippen LogP contribution is -2.07. The highest BCUT2D eigenvalue weighted by molar-refractivity contribution is 7.64.